The standard InChI is InChI=1S/C13H17Cl2NO/c1-2-3-4-5-6-13(17)16-12-8-7-10(14)9-11(12)15/h7-9H,2-6H2,1H3,(H,16,17). The summed E-state index contributed by atoms with van der Waals surface area (Å²) in [7, 11) is 0. The molecule has 0 saturated heterocycles. The Balaban J connectivity index is 2.40. The van der Waals surface area contributed by atoms with Crippen LogP contribution >= 0.6 is 23.2 Å². The Hall–Kier alpha value is -0.730. The average molecular weight is 274 g/mol. The van der Waals surface area contributed by atoms with Crippen LogP contribution in [0.15, 0.2) is 18.2 Å². The van der Waals surface area contributed by atoms with E-state index in [1.807, 2.05) is 0 Å². The first-order chi connectivity index (χ1) is 8.13. The molecule has 0 saturated carbocycles. The molecule has 0 aromatic heterocycles. The average Bonchev–Trinajstić information content (AvgIpc) is 2.28. The third-order valence-corrected chi connectivity index (χ3v) is 3.01. The van der Waals surface area contributed by atoms with Gasteiger partial charge in [0.2, 0.25) is 5.91 Å². The van der Waals surface area contributed by atoms with Crippen molar-refractivity contribution in [2.75, 3.05) is 5.32 Å². The zero-order chi connectivity index (χ0) is 12.7. The van der Waals surface area contributed by atoms with Crippen molar-refractivity contribution in [2.45, 2.75) is 39.0 Å². The van der Waals surface area contributed by atoms with Gasteiger partial charge in [0.15, 0.2) is 0 Å². The Kier molecular flexibility index (Phi) is 6.38. The molecule has 0 spiro atoms. The summed E-state index contributed by atoms with van der Waals surface area (Å²) in [6.45, 7) is 2.15. The third kappa shape index (κ3) is 5.42. The zero-order valence-corrected chi connectivity index (χ0v) is 11.4. The van der Waals surface area contributed by atoms with E-state index in [1.54, 1.807) is 18.2 Å². The van der Waals surface area contributed by atoms with Gasteiger partial charge in [0.05, 0.1) is 10.7 Å². The lowest BCUT2D eigenvalue weighted by Crippen LogP contribution is -2.11. The fraction of sp³-hybridized carbons (Fsp3) is 0.462. The van der Waals surface area contributed by atoms with Gasteiger partial charge < -0.3 is 5.32 Å². The first-order valence-corrected chi connectivity index (χ1v) is 6.64. The van der Waals surface area contributed by atoms with E-state index in [4.69, 9.17) is 23.2 Å². The number of carbonyl (C=O) groups excluding carboxylic acids is 1. The monoisotopic (exact) mass is 273 g/mol. The van der Waals surface area contributed by atoms with E-state index < -0.39 is 0 Å². The molecule has 1 amide bonds. The Morgan fingerprint density at radius 3 is 2.65 bits per heavy atom. The molecule has 0 unspecified atom stereocenters. The fourth-order valence-electron chi connectivity index (χ4n) is 1.52. The van der Waals surface area contributed by atoms with Crippen molar-refractivity contribution in [2.24, 2.45) is 0 Å². The molecule has 0 bridgehead atoms. The molecule has 0 radical (unpaired) electrons. The molecular weight excluding hydrogens is 257 g/mol. The van der Waals surface area contributed by atoms with Gasteiger partial charge in [0.1, 0.15) is 0 Å². The van der Waals surface area contributed by atoms with Gasteiger partial charge in [-0.1, -0.05) is 49.4 Å². The minimum Gasteiger partial charge on any atom is -0.325 e. The largest absolute Gasteiger partial charge is 0.325 e. The van der Waals surface area contributed by atoms with Crippen LogP contribution in [-0.4, -0.2) is 5.91 Å². The van der Waals surface area contributed by atoms with Crippen molar-refractivity contribution in [3.05, 3.63) is 28.2 Å². The summed E-state index contributed by atoms with van der Waals surface area (Å²) < 4.78 is 0. The fourth-order valence-corrected chi connectivity index (χ4v) is 1.97. The van der Waals surface area contributed by atoms with Crippen LogP contribution in [0.1, 0.15) is 39.0 Å². The second-order valence-corrected chi connectivity index (χ2v) is 4.83. The minimum atomic E-state index is 0.00493. The molecule has 0 fully saturated rings. The summed E-state index contributed by atoms with van der Waals surface area (Å²) in [5.41, 5.74) is 0.622. The molecule has 0 aliphatic rings. The van der Waals surface area contributed by atoms with E-state index in [0.29, 0.717) is 22.2 Å². The number of amides is 1. The van der Waals surface area contributed by atoms with Gasteiger partial charge in [0, 0.05) is 11.4 Å². The molecule has 2 nitrogen and oxygen atoms in total. The van der Waals surface area contributed by atoms with Gasteiger partial charge in [-0.3, -0.25) is 4.79 Å². The Morgan fingerprint density at radius 2 is 2.00 bits per heavy atom. The molecule has 0 atom stereocenters. The molecule has 4 heteroatoms. The number of carbonyl (C=O) groups is 1. The highest BCUT2D eigenvalue weighted by atomic mass is 35.5. The maximum atomic E-state index is 11.6. The molecule has 17 heavy (non-hydrogen) atoms. The predicted molar refractivity (Wildman–Crippen MR) is 73.9 cm³/mol. The third-order valence-electron chi connectivity index (χ3n) is 2.46. The number of unbranched alkanes of at least 4 members (excludes halogenated alkanes) is 3. The van der Waals surface area contributed by atoms with Crippen molar-refractivity contribution < 1.29 is 4.79 Å². The normalized spacial score (nSPS) is 10.3. The summed E-state index contributed by atoms with van der Waals surface area (Å²) in [6.07, 6.45) is 4.90. The molecule has 0 aliphatic heterocycles. The Bertz CT molecular complexity index is 380. The number of halogens is 2. The number of hydrogen-bond donors (Lipinski definition) is 1. The van der Waals surface area contributed by atoms with Crippen LogP contribution in [0.25, 0.3) is 0 Å². The summed E-state index contributed by atoms with van der Waals surface area (Å²) in [4.78, 5) is 11.6. The SMILES string of the molecule is CCCCCCC(=O)Nc1ccc(Cl)cc1Cl. The smallest absolute Gasteiger partial charge is 0.224 e. The lowest BCUT2D eigenvalue weighted by molar-refractivity contribution is -0.116. The molecule has 94 valence electrons. The van der Waals surface area contributed by atoms with Gasteiger partial charge in [-0.15, -0.1) is 0 Å². The van der Waals surface area contributed by atoms with Gasteiger partial charge in [-0.05, 0) is 24.6 Å². The molecular formula is C13H17Cl2NO. The Labute approximate surface area is 112 Å². The summed E-state index contributed by atoms with van der Waals surface area (Å²) in [5, 5.41) is 3.82. The van der Waals surface area contributed by atoms with Crippen molar-refractivity contribution in [1.29, 1.82) is 0 Å². The second-order valence-electron chi connectivity index (χ2n) is 3.98. The second kappa shape index (κ2) is 7.57. The lowest BCUT2D eigenvalue weighted by Gasteiger charge is -2.07. The number of hydrogen-bond acceptors (Lipinski definition) is 1. The summed E-state index contributed by atoms with van der Waals surface area (Å²) in [6, 6.07) is 5.05. The first-order valence-electron chi connectivity index (χ1n) is 5.88. The maximum absolute atomic E-state index is 11.6. The van der Waals surface area contributed by atoms with Crippen molar-refractivity contribution in [3.8, 4) is 0 Å². The van der Waals surface area contributed by atoms with Crippen LogP contribution in [0.3, 0.4) is 0 Å². The quantitative estimate of drug-likeness (QED) is 0.734. The van der Waals surface area contributed by atoms with Gasteiger partial charge in [0.25, 0.3) is 0 Å². The van der Waals surface area contributed by atoms with Gasteiger partial charge >= 0.3 is 0 Å². The van der Waals surface area contributed by atoms with Gasteiger partial charge in [-0.2, -0.15) is 0 Å². The van der Waals surface area contributed by atoms with Crippen LogP contribution < -0.4 is 5.32 Å². The molecule has 0 aliphatic carbocycles. The van der Waals surface area contributed by atoms with E-state index in [1.165, 1.54) is 12.8 Å². The number of rotatable bonds is 6. The van der Waals surface area contributed by atoms with E-state index in [2.05, 4.69) is 12.2 Å². The maximum Gasteiger partial charge on any atom is 0.224 e. The van der Waals surface area contributed by atoms with E-state index in [-0.39, 0.29) is 5.91 Å². The predicted octanol–water partition coefficient (Wildman–Crippen LogP) is 4.90. The number of benzene rings is 1. The number of anilines is 1. The van der Waals surface area contributed by atoms with Crippen LogP contribution in [0.5, 0.6) is 0 Å². The van der Waals surface area contributed by atoms with Crippen LogP contribution in [0.4, 0.5) is 5.69 Å². The highest BCUT2D eigenvalue weighted by Gasteiger charge is 2.05. The van der Waals surface area contributed by atoms with Crippen molar-refractivity contribution in [3.63, 3.8) is 0 Å². The van der Waals surface area contributed by atoms with E-state index in [9.17, 15) is 4.79 Å². The lowest BCUT2D eigenvalue weighted by atomic mass is 10.1. The van der Waals surface area contributed by atoms with E-state index in [0.717, 1.165) is 12.8 Å². The summed E-state index contributed by atoms with van der Waals surface area (Å²) >= 11 is 11.7. The van der Waals surface area contributed by atoms with Crippen molar-refractivity contribution >= 4 is 34.8 Å². The molecule has 0 heterocycles. The van der Waals surface area contributed by atoms with Crippen molar-refractivity contribution in [1.82, 2.24) is 0 Å². The Morgan fingerprint density at radius 1 is 1.24 bits per heavy atom. The number of nitrogens with one attached hydrogen (secondary N) is 1. The van der Waals surface area contributed by atoms with Crippen LogP contribution in [0.2, 0.25) is 10.0 Å². The topological polar surface area (TPSA) is 29.1 Å². The highest BCUT2D eigenvalue weighted by molar-refractivity contribution is 6.36. The molecule has 1 N–H and O–H groups in total. The van der Waals surface area contributed by atoms with Crippen LogP contribution in [0, 0.1) is 0 Å². The molecule has 1 aromatic rings. The molecule has 1 aromatic carbocycles. The molecule has 1 rings (SSSR count). The van der Waals surface area contributed by atoms with Gasteiger partial charge in [-0.25, -0.2) is 0 Å². The summed E-state index contributed by atoms with van der Waals surface area (Å²) in [5.74, 6) is 0.00493. The van der Waals surface area contributed by atoms with Crippen LogP contribution in [-0.2, 0) is 4.79 Å². The first kappa shape index (κ1) is 14.3. The zero-order valence-electron chi connectivity index (χ0n) is 9.93. The highest BCUT2D eigenvalue weighted by Crippen LogP contribution is 2.25. The van der Waals surface area contributed by atoms with E-state index >= 15 is 0 Å². The minimum absolute atomic E-state index is 0.00493.